The summed E-state index contributed by atoms with van der Waals surface area (Å²) in [4.78, 5) is 34.8. The summed E-state index contributed by atoms with van der Waals surface area (Å²) in [6.45, 7) is 9.27. The lowest BCUT2D eigenvalue weighted by Gasteiger charge is -2.28. The van der Waals surface area contributed by atoms with Crippen LogP contribution in [0.1, 0.15) is 61.8 Å². The molecule has 2 aromatic heterocycles. The van der Waals surface area contributed by atoms with Crippen LogP contribution in [0.2, 0.25) is 0 Å². The highest BCUT2D eigenvalue weighted by atomic mass is 35.5. The molecule has 8 nitrogen and oxygen atoms in total. The van der Waals surface area contributed by atoms with Crippen molar-refractivity contribution < 1.29 is 9.53 Å². The fraction of sp³-hybridized carbons (Fsp3) is 0.538. The van der Waals surface area contributed by atoms with Gasteiger partial charge >= 0.3 is 0 Å². The van der Waals surface area contributed by atoms with Gasteiger partial charge < -0.3 is 19.9 Å². The third-order valence-electron chi connectivity index (χ3n) is 6.38. The minimum absolute atomic E-state index is 0.0226. The fourth-order valence-electron chi connectivity index (χ4n) is 4.47. The first-order valence-electron chi connectivity index (χ1n) is 12.5. The SMILES string of the molecule is Cc1nc2ccc(Nc3nc(=O)c(C(=O)NC4CCOC(C)C4)cn3CC(C)CCC(C)Cl)cc2s1. The molecule has 0 bridgehead atoms. The van der Waals surface area contributed by atoms with Crippen molar-refractivity contribution in [2.45, 2.75) is 77.4 Å². The van der Waals surface area contributed by atoms with Crippen molar-refractivity contribution in [3.63, 3.8) is 0 Å². The Hall–Kier alpha value is -2.49. The number of nitrogens with one attached hydrogen (secondary N) is 2. The number of hydrogen-bond donors (Lipinski definition) is 2. The van der Waals surface area contributed by atoms with Gasteiger partial charge in [0.05, 0.1) is 21.3 Å². The van der Waals surface area contributed by atoms with Gasteiger partial charge in [0.25, 0.3) is 11.5 Å². The Kier molecular flexibility index (Phi) is 8.64. The molecular formula is C26H34ClN5O3S. The Morgan fingerprint density at radius 3 is 2.86 bits per heavy atom. The second kappa shape index (κ2) is 11.7. The number of fused-ring (bicyclic) bond motifs is 1. The maximum absolute atomic E-state index is 13.1. The zero-order valence-electron chi connectivity index (χ0n) is 21.2. The van der Waals surface area contributed by atoms with E-state index in [2.05, 4.69) is 27.5 Å². The molecule has 0 spiro atoms. The van der Waals surface area contributed by atoms with E-state index in [1.165, 1.54) is 0 Å². The molecule has 1 aliphatic rings. The first kappa shape index (κ1) is 26.6. The van der Waals surface area contributed by atoms with Crippen LogP contribution in [0.3, 0.4) is 0 Å². The van der Waals surface area contributed by atoms with Gasteiger partial charge in [-0.1, -0.05) is 6.92 Å². The average Bonchev–Trinajstić information content (AvgIpc) is 3.18. The van der Waals surface area contributed by atoms with E-state index in [4.69, 9.17) is 16.3 Å². The van der Waals surface area contributed by atoms with Crippen LogP contribution in [0.4, 0.5) is 11.6 Å². The van der Waals surface area contributed by atoms with E-state index in [9.17, 15) is 9.59 Å². The van der Waals surface area contributed by atoms with Crippen molar-refractivity contribution in [3.05, 3.63) is 45.3 Å². The molecular weight excluding hydrogens is 498 g/mol. The summed E-state index contributed by atoms with van der Waals surface area (Å²) in [6.07, 6.45) is 4.96. The third-order valence-corrected chi connectivity index (χ3v) is 7.53. The van der Waals surface area contributed by atoms with Crippen LogP contribution in [-0.4, -0.2) is 44.6 Å². The normalized spacial score (nSPS) is 19.7. The number of benzene rings is 1. The van der Waals surface area contributed by atoms with Gasteiger partial charge in [0, 0.05) is 36.5 Å². The Morgan fingerprint density at radius 2 is 2.11 bits per heavy atom. The number of anilines is 2. The van der Waals surface area contributed by atoms with Gasteiger partial charge in [-0.05, 0) is 70.6 Å². The van der Waals surface area contributed by atoms with Crippen LogP contribution in [0.25, 0.3) is 10.2 Å². The van der Waals surface area contributed by atoms with Gasteiger partial charge in [-0.15, -0.1) is 22.9 Å². The van der Waals surface area contributed by atoms with E-state index >= 15 is 0 Å². The summed E-state index contributed by atoms with van der Waals surface area (Å²) >= 11 is 7.78. The van der Waals surface area contributed by atoms with Gasteiger partial charge in [0.1, 0.15) is 5.56 Å². The highest BCUT2D eigenvalue weighted by Gasteiger charge is 2.24. The van der Waals surface area contributed by atoms with Crippen molar-refractivity contribution in [1.29, 1.82) is 0 Å². The van der Waals surface area contributed by atoms with Gasteiger partial charge in [-0.2, -0.15) is 4.98 Å². The first-order valence-corrected chi connectivity index (χ1v) is 13.8. The maximum Gasteiger partial charge on any atom is 0.287 e. The standard InChI is InChI=1S/C26H34ClN5O3S/c1-15(5-6-16(2)27)13-32-14-21(24(33)29-20-9-10-35-17(3)11-20)25(34)31-26(32)30-19-7-8-22-23(12-19)36-18(4)28-22/h7-8,12,14-17,20H,5-6,9-11,13H2,1-4H3,(H,29,33)(H,30,31,34). The molecule has 0 radical (unpaired) electrons. The number of rotatable bonds is 9. The highest BCUT2D eigenvalue weighted by molar-refractivity contribution is 7.18. The van der Waals surface area contributed by atoms with E-state index in [1.54, 1.807) is 17.5 Å². The topological polar surface area (TPSA) is 98.1 Å². The predicted molar refractivity (Wildman–Crippen MR) is 146 cm³/mol. The van der Waals surface area contributed by atoms with E-state index in [1.807, 2.05) is 43.5 Å². The molecule has 3 heterocycles. The van der Waals surface area contributed by atoms with E-state index in [0.717, 1.165) is 46.6 Å². The van der Waals surface area contributed by atoms with Crippen molar-refractivity contribution in [2.24, 2.45) is 5.92 Å². The monoisotopic (exact) mass is 531 g/mol. The molecule has 4 unspecified atom stereocenters. The Morgan fingerprint density at radius 1 is 1.31 bits per heavy atom. The van der Waals surface area contributed by atoms with Crippen molar-refractivity contribution in [1.82, 2.24) is 19.9 Å². The summed E-state index contributed by atoms with van der Waals surface area (Å²) < 4.78 is 8.49. The summed E-state index contributed by atoms with van der Waals surface area (Å²) in [6, 6.07) is 5.85. The number of alkyl halides is 1. The van der Waals surface area contributed by atoms with Gasteiger partial charge in [0.2, 0.25) is 5.95 Å². The summed E-state index contributed by atoms with van der Waals surface area (Å²) in [5.74, 6) is 0.285. The molecule has 4 rings (SSSR count). The number of hydrogen-bond acceptors (Lipinski definition) is 7. The minimum Gasteiger partial charge on any atom is -0.378 e. The molecule has 1 saturated heterocycles. The lowest BCUT2D eigenvalue weighted by Crippen LogP contribution is -2.43. The summed E-state index contributed by atoms with van der Waals surface area (Å²) in [5.41, 5.74) is 1.24. The molecule has 1 amide bonds. The number of halogens is 1. The predicted octanol–water partition coefficient (Wildman–Crippen LogP) is 5.25. The quantitative estimate of drug-likeness (QED) is 0.366. The first-order chi connectivity index (χ1) is 17.2. The molecule has 1 aliphatic heterocycles. The lowest BCUT2D eigenvalue weighted by atomic mass is 10.0. The number of aromatic nitrogens is 3. The van der Waals surface area contributed by atoms with Crippen LogP contribution in [0, 0.1) is 12.8 Å². The molecule has 4 atom stereocenters. The van der Waals surface area contributed by atoms with Crippen molar-refractivity contribution in [2.75, 3.05) is 11.9 Å². The molecule has 2 N–H and O–H groups in total. The molecule has 0 saturated carbocycles. The number of amides is 1. The Labute approximate surface area is 220 Å². The van der Waals surface area contributed by atoms with Gasteiger partial charge in [0.15, 0.2) is 0 Å². The number of thiazole rings is 1. The largest absolute Gasteiger partial charge is 0.378 e. The minimum atomic E-state index is -0.553. The highest BCUT2D eigenvalue weighted by Crippen LogP contribution is 2.26. The molecule has 0 aliphatic carbocycles. The van der Waals surface area contributed by atoms with Crippen LogP contribution >= 0.6 is 22.9 Å². The van der Waals surface area contributed by atoms with Crippen LogP contribution in [0.15, 0.2) is 29.2 Å². The van der Waals surface area contributed by atoms with E-state index in [-0.39, 0.29) is 29.0 Å². The number of nitrogens with zero attached hydrogens (tertiary/aromatic N) is 3. The Bertz CT molecular complexity index is 1270. The lowest BCUT2D eigenvalue weighted by molar-refractivity contribution is 0.0136. The second-order valence-electron chi connectivity index (χ2n) is 9.82. The molecule has 194 valence electrons. The third kappa shape index (κ3) is 6.83. The zero-order valence-corrected chi connectivity index (χ0v) is 22.8. The summed E-state index contributed by atoms with van der Waals surface area (Å²) in [7, 11) is 0. The number of ether oxygens (including phenoxy) is 1. The zero-order chi connectivity index (χ0) is 25.8. The molecule has 1 aromatic carbocycles. The molecule has 3 aromatic rings. The molecule has 10 heteroatoms. The summed E-state index contributed by atoms with van der Waals surface area (Å²) in [5, 5.41) is 7.38. The number of carbonyl (C=O) groups is 1. The van der Waals surface area contributed by atoms with Gasteiger partial charge in [-0.25, -0.2) is 4.98 Å². The van der Waals surface area contributed by atoms with Crippen molar-refractivity contribution >= 4 is 50.7 Å². The van der Waals surface area contributed by atoms with Gasteiger partial charge in [-0.3, -0.25) is 9.59 Å². The number of carbonyl (C=O) groups excluding carboxylic acids is 1. The average molecular weight is 532 g/mol. The second-order valence-corrected chi connectivity index (χ2v) is 11.8. The van der Waals surface area contributed by atoms with Crippen LogP contribution in [0.5, 0.6) is 0 Å². The van der Waals surface area contributed by atoms with E-state index in [0.29, 0.717) is 19.1 Å². The Balaban J connectivity index is 1.61. The smallest absolute Gasteiger partial charge is 0.287 e. The fourth-order valence-corrected chi connectivity index (χ4v) is 5.46. The maximum atomic E-state index is 13.1. The van der Waals surface area contributed by atoms with Crippen LogP contribution < -0.4 is 16.2 Å². The van der Waals surface area contributed by atoms with Crippen molar-refractivity contribution in [3.8, 4) is 0 Å². The van der Waals surface area contributed by atoms with Crippen LogP contribution in [-0.2, 0) is 11.3 Å². The molecule has 36 heavy (non-hydrogen) atoms. The molecule has 1 fully saturated rings. The van der Waals surface area contributed by atoms with E-state index < -0.39 is 11.5 Å². The number of aryl methyl sites for hydroxylation is 1.